The van der Waals surface area contributed by atoms with Gasteiger partial charge in [-0.25, -0.2) is 0 Å². The average Bonchev–Trinajstić information content (AvgIpc) is 2.52. The van der Waals surface area contributed by atoms with E-state index in [1.807, 2.05) is 0 Å². The summed E-state index contributed by atoms with van der Waals surface area (Å²) in [6.45, 7) is 1.73. The first-order chi connectivity index (χ1) is 7.50. The van der Waals surface area contributed by atoms with Crippen LogP contribution in [0.25, 0.3) is 0 Å². The standard InChI is InChI=1S/C12H18O4/c1-12(9(13)6-7-10(12)14)8-4-3-5-11(15)16-2/h3-8H2,1-2H3. The van der Waals surface area contributed by atoms with E-state index in [1.165, 1.54) is 7.11 Å². The first-order valence-corrected chi connectivity index (χ1v) is 5.64. The molecule has 0 atom stereocenters. The summed E-state index contributed by atoms with van der Waals surface area (Å²) in [6.07, 6.45) is 3.06. The Hall–Kier alpha value is -1.19. The van der Waals surface area contributed by atoms with Gasteiger partial charge >= 0.3 is 5.97 Å². The number of hydrogen-bond donors (Lipinski definition) is 0. The van der Waals surface area contributed by atoms with Crippen molar-refractivity contribution >= 4 is 17.5 Å². The van der Waals surface area contributed by atoms with E-state index in [2.05, 4.69) is 4.74 Å². The number of Topliss-reactive ketones (excluding diaryl/α,β-unsaturated/α-hetero) is 2. The minimum Gasteiger partial charge on any atom is -0.469 e. The van der Waals surface area contributed by atoms with Crippen molar-refractivity contribution in [3.63, 3.8) is 0 Å². The molecule has 0 aromatic heterocycles. The highest BCUT2D eigenvalue weighted by molar-refractivity contribution is 6.12. The SMILES string of the molecule is COC(=O)CCCCC1(C)C(=O)CCC1=O. The van der Waals surface area contributed by atoms with Gasteiger partial charge in [-0.3, -0.25) is 14.4 Å². The molecule has 1 saturated carbocycles. The van der Waals surface area contributed by atoms with Crippen molar-refractivity contribution in [1.82, 2.24) is 0 Å². The second-order valence-corrected chi connectivity index (χ2v) is 4.46. The zero-order chi connectivity index (χ0) is 12.2. The molecule has 0 N–H and O–H groups in total. The third-order valence-electron chi connectivity index (χ3n) is 3.35. The number of carbonyl (C=O) groups excluding carboxylic acids is 3. The van der Waals surface area contributed by atoms with Crippen molar-refractivity contribution in [3.05, 3.63) is 0 Å². The van der Waals surface area contributed by atoms with Crippen LogP contribution in [0.3, 0.4) is 0 Å². The second-order valence-electron chi connectivity index (χ2n) is 4.46. The highest BCUT2D eigenvalue weighted by Gasteiger charge is 2.44. The smallest absolute Gasteiger partial charge is 0.305 e. The molecule has 1 rings (SSSR count). The molecule has 0 spiro atoms. The summed E-state index contributed by atoms with van der Waals surface area (Å²) in [5.74, 6) is -0.139. The molecule has 0 aromatic rings. The molecule has 1 fully saturated rings. The molecule has 1 aliphatic rings. The molecular formula is C12H18O4. The molecule has 0 saturated heterocycles. The van der Waals surface area contributed by atoms with Gasteiger partial charge in [0.25, 0.3) is 0 Å². The molecule has 0 heterocycles. The van der Waals surface area contributed by atoms with Gasteiger partial charge in [-0.1, -0.05) is 6.42 Å². The predicted molar refractivity (Wildman–Crippen MR) is 57.8 cm³/mol. The maximum absolute atomic E-state index is 11.6. The van der Waals surface area contributed by atoms with Gasteiger partial charge in [-0.05, 0) is 19.8 Å². The fourth-order valence-corrected chi connectivity index (χ4v) is 2.06. The maximum atomic E-state index is 11.6. The Morgan fingerprint density at radius 1 is 1.25 bits per heavy atom. The van der Waals surface area contributed by atoms with Crippen molar-refractivity contribution in [2.75, 3.05) is 7.11 Å². The molecule has 0 aliphatic heterocycles. The second kappa shape index (κ2) is 5.23. The Morgan fingerprint density at radius 2 is 1.81 bits per heavy atom. The summed E-state index contributed by atoms with van der Waals surface area (Å²) in [5.41, 5.74) is -0.782. The quantitative estimate of drug-likeness (QED) is 0.406. The monoisotopic (exact) mass is 226 g/mol. The van der Waals surface area contributed by atoms with Gasteiger partial charge < -0.3 is 4.74 Å². The van der Waals surface area contributed by atoms with E-state index in [1.54, 1.807) is 6.92 Å². The zero-order valence-electron chi connectivity index (χ0n) is 9.88. The van der Waals surface area contributed by atoms with Gasteiger partial charge in [0.2, 0.25) is 0 Å². The minimum absolute atomic E-state index is 0.0515. The number of methoxy groups -OCH3 is 1. The number of esters is 1. The molecule has 4 nitrogen and oxygen atoms in total. The van der Waals surface area contributed by atoms with Gasteiger partial charge in [0.1, 0.15) is 11.6 Å². The molecule has 0 bridgehead atoms. The van der Waals surface area contributed by atoms with Crippen molar-refractivity contribution in [2.45, 2.75) is 45.4 Å². The third kappa shape index (κ3) is 2.68. The summed E-state index contributed by atoms with van der Waals surface area (Å²) < 4.78 is 4.52. The van der Waals surface area contributed by atoms with Crippen LogP contribution in [0.1, 0.15) is 45.4 Å². The topological polar surface area (TPSA) is 60.4 Å². The number of unbranched alkanes of at least 4 members (excludes halogenated alkanes) is 1. The van der Waals surface area contributed by atoms with E-state index >= 15 is 0 Å². The number of hydrogen-bond acceptors (Lipinski definition) is 4. The highest BCUT2D eigenvalue weighted by atomic mass is 16.5. The highest BCUT2D eigenvalue weighted by Crippen LogP contribution is 2.35. The van der Waals surface area contributed by atoms with E-state index in [9.17, 15) is 14.4 Å². The van der Waals surface area contributed by atoms with E-state index in [-0.39, 0.29) is 17.5 Å². The van der Waals surface area contributed by atoms with Gasteiger partial charge in [0.15, 0.2) is 0 Å². The number of ketones is 2. The Bertz CT molecular complexity index is 290. The van der Waals surface area contributed by atoms with E-state index in [0.717, 1.165) is 0 Å². The van der Waals surface area contributed by atoms with Gasteiger partial charge in [-0.15, -0.1) is 0 Å². The largest absolute Gasteiger partial charge is 0.469 e. The molecule has 1 aliphatic carbocycles. The molecule has 90 valence electrons. The summed E-state index contributed by atoms with van der Waals surface area (Å²) in [4.78, 5) is 34.0. The Morgan fingerprint density at radius 3 is 2.31 bits per heavy atom. The number of ether oxygens (including phenoxy) is 1. The van der Waals surface area contributed by atoms with Crippen LogP contribution in [-0.4, -0.2) is 24.6 Å². The van der Waals surface area contributed by atoms with Gasteiger partial charge in [0, 0.05) is 19.3 Å². The van der Waals surface area contributed by atoms with Crippen LogP contribution in [0.15, 0.2) is 0 Å². The van der Waals surface area contributed by atoms with Crippen LogP contribution in [0.2, 0.25) is 0 Å². The lowest BCUT2D eigenvalue weighted by Gasteiger charge is -2.19. The van der Waals surface area contributed by atoms with E-state index in [4.69, 9.17) is 0 Å². The lowest BCUT2D eigenvalue weighted by Crippen LogP contribution is -2.29. The molecule has 0 aromatic carbocycles. The molecule has 0 unspecified atom stereocenters. The Balaban J connectivity index is 2.34. The van der Waals surface area contributed by atoms with Crippen LogP contribution in [0.4, 0.5) is 0 Å². The van der Waals surface area contributed by atoms with Crippen LogP contribution >= 0.6 is 0 Å². The summed E-state index contributed by atoms with van der Waals surface area (Å²) >= 11 is 0. The van der Waals surface area contributed by atoms with Crippen molar-refractivity contribution in [1.29, 1.82) is 0 Å². The summed E-state index contributed by atoms with van der Waals surface area (Å²) in [7, 11) is 1.35. The van der Waals surface area contributed by atoms with Crippen LogP contribution in [0, 0.1) is 5.41 Å². The minimum atomic E-state index is -0.782. The van der Waals surface area contributed by atoms with Gasteiger partial charge in [0.05, 0.1) is 12.5 Å². The Labute approximate surface area is 95.3 Å². The average molecular weight is 226 g/mol. The molecule has 0 radical (unpaired) electrons. The normalized spacial score (nSPS) is 18.9. The Kier molecular flexibility index (Phi) is 4.21. The van der Waals surface area contributed by atoms with E-state index < -0.39 is 5.41 Å². The van der Waals surface area contributed by atoms with Gasteiger partial charge in [-0.2, -0.15) is 0 Å². The maximum Gasteiger partial charge on any atom is 0.305 e. The lowest BCUT2D eigenvalue weighted by atomic mass is 9.81. The van der Waals surface area contributed by atoms with Crippen LogP contribution in [0.5, 0.6) is 0 Å². The first kappa shape index (κ1) is 12.9. The van der Waals surface area contributed by atoms with Crippen molar-refractivity contribution < 1.29 is 19.1 Å². The van der Waals surface area contributed by atoms with E-state index in [0.29, 0.717) is 38.5 Å². The third-order valence-corrected chi connectivity index (χ3v) is 3.35. The molecule has 4 heteroatoms. The fourth-order valence-electron chi connectivity index (χ4n) is 2.06. The number of rotatable bonds is 5. The van der Waals surface area contributed by atoms with Crippen LogP contribution in [-0.2, 0) is 19.1 Å². The van der Waals surface area contributed by atoms with Crippen molar-refractivity contribution in [2.24, 2.45) is 5.41 Å². The summed E-state index contributed by atoms with van der Waals surface area (Å²) in [6, 6.07) is 0. The molecule has 0 amide bonds. The molecular weight excluding hydrogens is 208 g/mol. The first-order valence-electron chi connectivity index (χ1n) is 5.64. The zero-order valence-corrected chi connectivity index (χ0v) is 9.88. The fraction of sp³-hybridized carbons (Fsp3) is 0.750. The lowest BCUT2D eigenvalue weighted by molar-refractivity contribution is -0.140. The molecule has 16 heavy (non-hydrogen) atoms. The number of carbonyl (C=O) groups is 3. The summed E-state index contributed by atoms with van der Waals surface area (Å²) in [5, 5.41) is 0. The predicted octanol–water partition coefficient (Wildman–Crippen LogP) is 1.66. The van der Waals surface area contributed by atoms with Crippen molar-refractivity contribution in [3.8, 4) is 0 Å². The van der Waals surface area contributed by atoms with Crippen LogP contribution < -0.4 is 0 Å².